The molecule has 3 nitrogen and oxygen atoms in total. The smallest absolute Gasteiger partial charge is 0.140 e. The number of nitrogens with zero attached hydrogens (tertiary/aromatic N) is 1. The topological polar surface area (TPSA) is 56.0 Å². The fourth-order valence-corrected chi connectivity index (χ4v) is 2.89. The molecule has 1 saturated carbocycles. The van der Waals surface area contributed by atoms with Gasteiger partial charge >= 0.3 is 0 Å². The minimum absolute atomic E-state index is 0.239. The van der Waals surface area contributed by atoms with Crippen LogP contribution in [0, 0.1) is 11.8 Å². The van der Waals surface area contributed by atoms with E-state index >= 15 is 0 Å². The molecular formula is C15H22N2O. The normalized spacial score (nSPS) is 23.8. The highest BCUT2D eigenvalue weighted by molar-refractivity contribution is 5.84. The first kappa shape index (κ1) is 13.1. The standard InChI is InChI=1S/C15H22N2O/c1-2-11-5-3-6-12(9-11)14(18)10-13-7-4-8-17-15(13)16/h4,7-8,11-12H,2-3,5-6,9-10H2,1H3,(H2,16,17). The van der Waals surface area contributed by atoms with Crippen LogP contribution in [0.5, 0.6) is 0 Å². The van der Waals surface area contributed by atoms with Crippen molar-refractivity contribution in [3.63, 3.8) is 0 Å². The molecule has 0 radical (unpaired) electrons. The van der Waals surface area contributed by atoms with Crippen LogP contribution in [0.25, 0.3) is 0 Å². The van der Waals surface area contributed by atoms with Crippen LogP contribution in [0.4, 0.5) is 5.82 Å². The molecule has 0 saturated heterocycles. The van der Waals surface area contributed by atoms with Crippen molar-refractivity contribution in [3.8, 4) is 0 Å². The first-order valence-electron chi connectivity index (χ1n) is 6.92. The number of aromatic nitrogens is 1. The largest absolute Gasteiger partial charge is 0.383 e. The first-order valence-corrected chi connectivity index (χ1v) is 6.92. The van der Waals surface area contributed by atoms with Gasteiger partial charge in [0.15, 0.2) is 0 Å². The van der Waals surface area contributed by atoms with Crippen molar-refractivity contribution in [2.24, 2.45) is 11.8 Å². The molecular weight excluding hydrogens is 224 g/mol. The van der Waals surface area contributed by atoms with Crippen molar-refractivity contribution in [2.75, 3.05) is 5.73 Å². The number of ketones is 1. The number of nitrogens with two attached hydrogens (primary N) is 1. The van der Waals surface area contributed by atoms with Gasteiger partial charge in [0.05, 0.1) is 0 Å². The van der Waals surface area contributed by atoms with Crippen LogP contribution in [-0.2, 0) is 11.2 Å². The number of anilines is 1. The molecule has 98 valence electrons. The van der Waals surface area contributed by atoms with Crippen LogP contribution < -0.4 is 5.73 Å². The minimum Gasteiger partial charge on any atom is -0.383 e. The Hall–Kier alpha value is -1.38. The predicted molar refractivity (Wildman–Crippen MR) is 73.1 cm³/mol. The first-order chi connectivity index (χ1) is 8.70. The quantitative estimate of drug-likeness (QED) is 0.888. The number of Topliss-reactive ketones (excluding diaryl/α,β-unsaturated/α-hetero) is 1. The van der Waals surface area contributed by atoms with Gasteiger partial charge in [-0.25, -0.2) is 4.98 Å². The molecule has 0 bridgehead atoms. The fourth-order valence-electron chi connectivity index (χ4n) is 2.89. The summed E-state index contributed by atoms with van der Waals surface area (Å²) in [5.41, 5.74) is 6.66. The van der Waals surface area contributed by atoms with Crippen LogP contribution in [0.2, 0.25) is 0 Å². The Kier molecular flexibility index (Phi) is 4.34. The van der Waals surface area contributed by atoms with Crippen LogP contribution in [0.15, 0.2) is 18.3 Å². The number of rotatable bonds is 4. The monoisotopic (exact) mass is 246 g/mol. The zero-order valence-corrected chi connectivity index (χ0v) is 11.1. The molecule has 2 atom stereocenters. The molecule has 1 fully saturated rings. The van der Waals surface area contributed by atoms with E-state index in [1.807, 2.05) is 12.1 Å². The summed E-state index contributed by atoms with van der Waals surface area (Å²) in [5.74, 6) is 1.81. The number of pyridine rings is 1. The van der Waals surface area contributed by atoms with E-state index in [0.717, 1.165) is 24.3 Å². The summed E-state index contributed by atoms with van der Waals surface area (Å²) in [7, 11) is 0. The van der Waals surface area contributed by atoms with Gasteiger partial charge in [0.1, 0.15) is 11.6 Å². The average Bonchev–Trinajstić information content (AvgIpc) is 2.41. The molecule has 2 N–H and O–H groups in total. The van der Waals surface area contributed by atoms with Gasteiger partial charge in [0.2, 0.25) is 0 Å². The second-order valence-corrected chi connectivity index (χ2v) is 5.33. The molecule has 2 unspecified atom stereocenters. The number of carbonyl (C=O) groups is 1. The molecule has 2 rings (SSSR count). The third-order valence-corrected chi connectivity index (χ3v) is 4.11. The Morgan fingerprint density at radius 2 is 2.33 bits per heavy atom. The zero-order valence-electron chi connectivity index (χ0n) is 11.1. The number of hydrogen-bond acceptors (Lipinski definition) is 3. The van der Waals surface area contributed by atoms with Gasteiger partial charge < -0.3 is 5.73 Å². The lowest BCUT2D eigenvalue weighted by Crippen LogP contribution is -2.24. The lowest BCUT2D eigenvalue weighted by atomic mass is 9.77. The molecule has 0 aliphatic heterocycles. The summed E-state index contributed by atoms with van der Waals surface area (Å²) < 4.78 is 0. The van der Waals surface area contributed by atoms with Crippen LogP contribution >= 0.6 is 0 Å². The fraction of sp³-hybridized carbons (Fsp3) is 0.600. The summed E-state index contributed by atoms with van der Waals surface area (Å²) in [6, 6.07) is 3.75. The highest BCUT2D eigenvalue weighted by atomic mass is 16.1. The second-order valence-electron chi connectivity index (χ2n) is 5.33. The van der Waals surface area contributed by atoms with Gasteiger partial charge in [0.25, 0.3) is 0 Å². The maximum Gasteiger partial charge on any atom is 0.140 e. The molecule has 3 heteroatoms. The summed E-state index contributed by atoms with van der Waals surface area (Å²) in [5, 5.41) is 0. The molecule has 1 aromatic heterocycles. The van der Waals surface area contributed by atoms with Crippen molar-refractivity contribution in [1.29, 1.82) is 0 Å². The third-order valence-electron chi connectivity index (χ3n) is 4.11. The molecule has 1 aliphatic carbocycles. The van der Waals surface area contributed by atoms with Gasteiger partial charge in [-0.05, 0) is 24.8 Å². The summed E-state index contributed by atoms with van der Waals surface area (Å²) in [4.78, 5) is 16.3. The van der Waals surface area contributed by atoms with E-state index in [2.05, 4.69) is 11.9 Å². The lowest BCUT2D eigenvalue weighted by Gasteiger charge is -2.27. The van der Waals surface area contributed by atoms with Crippen molar-refractivity contribution in [2.45, 2.75) is 45.4 Å². The van der Waals surface area contributed by atoms with Crippen molar-refractivity contribution < 1.29 is 4.79 Å². The lowest BCUT2D eigenvalue weighted by molar-refractivity contribution is -0.123. The zero-order chi connectivity index (χ0) is 13.0. The van der Waals surface area contributed by atoms with Crippen LogP contribution in [-0.4, -0.2) is 10.8 Å². The summed E-state index contributed by atoms with van der Waals surface area (Å²) in [6.45, 7) is 2.22. The molecule has 0 aromatic carbocycles. The van der Waals surface area contributed by atoms with Crippen molar-refractivity contribution in [3.05, 3.63) is 23.9 Å². The van der Waals surface area contributed by atoms with Gasteiger partial charge in [-0.3, -0.25) is 4.79 Å². The Balaban J connectivity index is 1.97. The van der Waals surface area contributed by atoms with Gasteiger partial charge in [-0.2, -0.15) is 0 Å². The highest BCUT2D eigenvalue weighted by Crippen LogP contribution is 2.32. The summed E-state index contributed by atoms with van der Waals surface area (Å²) >= 11 is 0. The number of nitrogen functional groups attached to an aromatic ring is 1. The van der Waals surface area contributed by atoms with E-state index in [4.69, 9.17) is 5.73 Å². The van der Waals surface area contributed by atoms with E-state index in [0.29, 0.717) is 18.0 Å². The van der Waals surface area contributed by atoms with Crippen molar-refractivity contribution in [1.82, 2.24) is 4.98 Å². The Bertz CT molecular complexity index is 417. The maximum absolute atomic E-state index is 12.3. The Morgan fingerprint density at radius 1 is 1.50 bits per heavy atom. The predicted octanol–water partition coefficient (Wildman–Crippen LogP) is 2.99. The molecule has 18 heavy (non-hydrogen) atoms. The van der Waals surface area contributed by atoms with Crippen LogP contribution in [0.3, 0.4) is 0 Å². The van der Waals surface area contributed by atoms with E-state index < -0.39 is 0 Å². The Morgan fingerprint density at radius 3 is 3.06 bits per heavy atom. The highest BCUT2D eigenvalue weighted by Gasteiger charge is 2.26. The van der Waals surface area contributed by atoms with Crippen LogP contribution in [0.1, 0.15) is 44.6 Å². The molecule has 0 amide bonds. The average molecular weight is 246 g/mol. The Labute approximate surface area is 109 Å². The molecule has 0 spiro atoms. The number of hydrogen-bond donors (Lipinski definition) is 1. The SMILES string of the molecule is CCC1CCCC(C(=O)Cc2cccnc2N)C1. The molecule has 1 aliphatic rings. The van der Waals surface area contributed by atoms with Gasteiger partial charge in [-0.15, -0.1) is 0 Å². The second kappa shape index (κ2) is 5.98. The van der Waals surface area contributed by atoms with Gasteiger partial charge in [-0.1, -0.05) is 32.3 Å². The minimum atomic E-state index is 0.239. The van der Waals surface area contributed by atoms with E-state index in [1.54, 1.807) is 6.20 Å². The van der Waals surface area contributed by atoms with E-state index in [1.165, 1.54) is 19.3 Å². The molecule has 1 heterocycles. The van der Waals surface area contributed by atoms with Gasteiger partial charge in [0, 0.05) is 24.1 Å². The van der Waals surface area contributed by atoms with E-state index in [9.17, 15) is 4.79 Å². The molecule has 1 aromatic rings. The third kappa shape index (κ3) is 3.09. The summed E-state index contributed by atoms with van der Waals surface area (Å²) in [6.07, 6.45) is 7.90. The maximum atomic E-state index is 12.3. The van der Waals surface area contributed by atoms with Crippen molar-refractivity contribution >= 4 is 11.6 Å². The number of carbonyl (C=O) groups excluding carboxylic acids is 1. The van der Waals surface area contributed by atoms with E-state index in [-0.39, 0.29) is 5.92 Å².